The van der Waals surface area contributed by atoms with Crippen molar-refractivity contribution < 1.29 is 0 Å². The molecular weight excluding hydrogens is 264 g/mol. The van der Waals surface area contributed by atoms with Crippen LogP contribution in [0.25, 0.3) is 11.2 Å². The first-order chi connectivity index (χ1) is 10.1. The summed E-state index contributed by atoms with van der Waals surface area (Å²) in [5, 5.41) is 4.62. The third-order valence-corrected chi connectivity index (χ3v) is 4.41. The monoisotopic (exact) mass is 290 g/mol. The van der Waals surface area contributed by atoms with E-state index in [1.54, 1.807) is 0 Å². The Morgan fingerprint density at radius 3 is 2.67 bits per heavy atom. The van der Waals surface area contributed by atoms with Crippen LogP contribution in [0.4, 0.5) is 5.95 Å². The van der Waals surface area contributed by atoms with Crippen LogP contribution in [0.1, 0.15) is 44.8 Å². The van der Waals surface area contributed by atoms with E-state index in [0.717, 1.165) is 36.2 Å². The average molecular weight is 290 g/mol. The van der Waals surface area contributed by atoms with Gasteiger partial charge in [0.25, 0.3) is 0 Å². The molecule has 21 heavy (non-hydrogen) atoms. The Hall–Kier alpha value is -1.56. The zero-order valence-electron chi connectivity index (χ0n) is 13.3. The maximum absolute atomic E-state index is 6.20. The molecule has 2 N–H and O–H groups in total. The summed E-state index contributed by atoms with van der Waals surface area (Å²) < 4.78 is 4.09. The fraction of sp³-hybridized carbons (Fsp3) is 0.733. The zero-order chi connectivity index (χ0) is 15.0. The second-order valence-electron chi connectivity index (χ2n) is 6.19. The second-order valence-corrected chi connectivity index (χ2v) is 6.19. The van der Waals surface area contributed by atoms with Gasteiger partial charge in [-0.05, 0) is 39.3 Å². The Morgan fingerprint density at radius 2 is 2.00 bits per heavy atom. The molecule has 1 aliphatic rings. The number of aromatic nitrogens is 4. The molecule has 2 aromatic heterocycles. The number of likely N-dealkylation sites (tertiary alicyclic amines) is 1. The predicted octanol–water partition coefficient (Wildman–Crippen LogP) is 1.96. The summed E-state index contributed by atoms with van der Waals surface area (Å²) in [4.78, 5) is 7.10. The number of imidazole rings is 1. The van der Waals surface area contributed by atoms with Crippen molar-refractivity contribution in [2.24, 2.45) is 7.05 Å². The standard InChI is InChI=1S/C15H26N6/c1-4-7-12-13-14(19(3)18-12)21(15(16)17-13)11(2)10-20-8-5-6-9-20/h11H,4-10H2,1-3H3,(H2,16,17). The zero-order valence-corrected chi connectivity index (χ0v) is 13.3. The molecule has 1 atom stereocenters. The van der Waals surface area contributed by atoms with Gasteiger partial charge in [-0.25, -0.2) is 4.98 Å². The Kier molecular flexibility index (Phi) is 3.89. The van der Waals surface area contributed by atoms with E-state index < -0.39 is 0 Å². The molecule has 0 amide bonds. The molecular formula is C15H26N6. The van der Waals surface area contributed by atoms with E-state index in [4.69, 9.17) is 5.73 Å². The maximum atomic E-state index is 6.20. The van der Waals surface area contributed by atoms with Gasteiger partial charge in [-0.15, -0.1) is 0 Å². The van der Waals surface area contributed by atoms with E-state index in [9.17, 15) is 0 Å². The molecule has 116 valence electrons. The van der Waals surface area contributed by atoms with Gasteiger partial charge in [0.2, 0.25) is 5.95 Å². The summed E-state index contributed by atoms with van der Waals surface area (Å²) in [6.45, 7) is 7.83. The van der Waals surface area contributed by atoms with Gasteiger partial charge in [0, 0.05) is 19.6 Å². The van der Waals surface area contributed by atoms with E-state index in [1.807, 2.05) is 11.7 Å². The summed E-state index contributed by atoms with van der Waals surface area (Å²) in [5.41, 5.74) is 9.30. The number of hydrogen-bond donors (Lipinski definition) is 1. The molecule has 0 radical (unpaired) electrons. The number of nitrogens with two attached hydrogens (primary N) is 1. The predicted molar refractivity (Wildman–Crippen MR) is 85.3 cm³/mol. The highest BCUT2D eigenvalue weighted by Gasteiger charge is 2.23. The first-order valence-electron chi connectivity index (χ1n) is 8.03. The average Bonchev–Trinajstić information content (AvgIpc) is 3.10. The first-order valence-corrected chi connectivity index (χ1v) is 8.03. The summed E-state index contributed by atoms with van der Waals surface area (Å²) >= 11 is 0. The van der Waals surface area contributed by atoms with E-state index in [0.29, 0.717) is 12.0 Å². The molecule has 3 rings (SSSR count). The van der Waals surface area contributed by atoms with Crippen LogP contribution in [0.15, 0.2) is 0 Å². The summed E-state index contributed by atoms with van der Waals surface area (Å²) in [6, 6.07) is 0.318. The van der Waals surface area contributed by atoms with E-state index in [-0.39, 0.29) is 0 Å². The van der Waals surface area contributed by atoms with Crippen LogP contribution in [-0.4, -0.2) is 43.9 Å². The van der Waals surface area contributed by atoms with Crippen molar-refractivity contribution in [2.75, 3.05) is 25.4 Å². The van der Waals surface area contributed by atoms with Crippen LogP contribution in [0.2, 0.25) is 0 Å². The lowest BCUT2D eigenvalue weighted by Gasteiger charge is -2.22. The smallest absolute Gasteiger partial charge is 0.202 e. The summed E-state index contributed by atoms with van der Waals surface area (Å²) in [6.07, 6.45) is 4.65. The van der Waals surface area contributed by atoms with Gasteiger partial charge >= 0.3 is 0 Å². The Morgan fingerprint density at radius 1 is 1.29 bits per heavy atom. The number of rotatable bonds is 5. The van der Waals surface area contributed by atoms with Crippen molar-refractivity contribution in [1.82, 2.24) is 24.2 Å². The molecule has 0 spiro atoms. The normalized spacial score (nSPS) is 17.9. The fourth-order valence-electron chi connectivity index (χ4n) is 3.48. The Bertz CT molecular complexity index is 620. The van der Waals surface area contributed by atoms with Crippen molar-refractivity contribution in [3.05, 3.63) is 5.69 Å². The highest BCUT2D eigenvalue weighted by Crippen LogP contribution is 2.26. The number of hydrogen-bond acceptors (Lipinski definition) is 4. The van der Waals surface area contributed by atoms with Gasteiger partial charge in [0.15, 0.2) is 5.65 Å². The highest BCUT2D eigenvalue weighted by atomic mass is 15.4. The van der Waals surface area contributed by atoms with Crippen molar-refractivity contribution in [3.63, 3.8) is 0 Å². The molecule has 1 aliphatic heterocycles. The number of nitrogens with zero attached hydrogens (tertiary/aromatic N) is 5. The fourth-order valence-corrected chi connectivity index (χ4v) is 3.48. The number of aryl methyl sites for hydroxylation is 2. The number of nitrogen functional groups attached to an aromatic ring is 1. The van der Waals surface area contributed by atoms with E-state index >= 15 is 0 Å². The third-order valence-electron chi connectivity index (χ3n) is 4.41. The van der Waals surface area contributed by atoms with Crippen LogP contribution in [0, 0.1) is 0 Å². The van der Waals surface area contributed by atoms with Gasteiger partial charge in [-0.2, -0.15) is 5.10 Å². The lowest BCUT2D eigenvalue weighted by Crippen LogP contribution is -2.28. The van der Waals surface area contributed by atoms with Crippen LogP contribution in [0.3, 0.4) is 0 Å². The van der Waals surface area contributed by atoms with E-state index in [1.165, 1.54) is 25.9 Å². The molecule has 1 unspecified atom stereocenters. The van der Waals surface area contributed by atoms with Crippen molar-refractivity contribution in [1.29, 1.82) is 0 Å². The summed E-state index contributed by atoms with van der Waals surface area (Å²) in [5.74, 6) is 0.613. The van der Waals surface area contributed by atoms with E-state index in [2.05, 4.69) is 33.4 Å². The first kappa shape index (κ1) is 14.4. The Labute approximate surface area is 125 Å². The molecule has 6 heteroatoms. The second kappa shape index (κ2) is 5.67. The van der Waals surface area contributed by atoms with Crippen molar-refractivity contribution in [3.8, 4) is 0 Å². The van der Waals surface area contributed by atoms with Crippen LogP contribution >= 0.6 is 0 Å². The highest BCUT2D eigenvalue weighted by molar-refractivity contribution is 5.78. The molecule has 0 bridgehead atoms. The molecule has 0 saturated carbocycles. The van der Waals surface area contributed by atoms with Gasteiger partial charge in [0.1, 0.15) is 5.52 Å². The molecule has 0 aliphatic carbocycles. The number of anilines is 1. The molecule has 3 heterocycles. The maximum Gasteiger partial charge on any atom is 0.202 e. The SMILES string of the molecule is CCCc1nn(C)c2c1nc(N)n2C(C)CN1CCCC1. The van der Waals surface area contributed by atoms with Crippen LogP contribution < -0.4 is 5.73 Å². The van der Waals surface area contributed by atoms with Crippen LogP contribution in [-0.2, 0) is 13.5 Å². The largest absolute Gasteiger partial charge is 0.369 e. The molecule has 1 saturated heterocycles. The third kappa shape index (κ3) is 2.52. The quantitative estimate of drug-likeness (QED) is 0.914. The van der Waals surface area contributed by atoms with Gasteiger partial charge in [0.05, 0.1) is 5.69 Å². The molecule has 0 aromatic carbocycles. The van der Waals surface area contributed by atoms with Gasteiger partial charge < -0.3 is 10.6 Å². The molecule has 6 nitrogen and oxygen atoms in total. The van der Waals surface area contributed by atoms with Gasteiger partial charge in [-0.1, -0.05) is 13.3 Å². The van der Waals surface area contributed by atoms with Gasteiger partial charge in [-0.3, -0.25) is 9.25 Å². The lowest BCUT2D eigenvalue weighted by molar-refractivity contribution is 0.290. The summed E-state index contributed by atoms with van der Waals surface area (Å²) in [7, 11) is 1.99. The lowest BCUT2D eigenvalue weighted by atomic mass is 10.2. The minimum Gasteiger partial charge on any atom is -0.369 e. The topological polar surface area (TPSA) is 64.9 Å². The minimum absolute atomic E-state index is 0.318. The number of fused-ring (bicyclic) bond motifs is 1. The van der Waals surface area contributed by atoms with Crippen LogP contribution in [0.5, 0.6) is 0 Å². The minimum atomic E-state index is 0.318. The van der Waals surface area contributed by atoms with Crippen molar-refractivity contribution >= 4 is 17.1 Å². The molecule has 2 aromatic rings. The molecule has 1 fully saturated rings. The Balaban J connectivity index is 1.95. The van der Waals surface area contributed by atoms with Crippen molar-refractivity contribution in [2.45, 2.75) is 45.6 Å².